The molecule has 0 amide bonds. The molecule has 0 unspecified atom stereocenters. The normalized spacial score (nSPS) is 22.4. The summed E-state index contributed by atoms with van der Waals surface area (Å²) in [6.45, 7) is 1.41. The summed E-state index contributed by atoms with van der Waals surface area (Å²) in [4.78, 5) is 39.5. The van der Waals surface area contributed by atoms with Gasteiger partial charge in [-0.3, -0.25) is 14.2 Å². The Morgan fingerprint density at radius 1 is 1.19 bits per heavy atom. The van der Waals surface area contributed by atoms with Gasteiger partial charge >= 0.3 is 5.69 Å². The number of ether oxygens (including phenoxy) is 1. The van der Waals surface area contributed by atoms with E-state index in [2.05, 4.69) is 11.8 Å². The van der Waals surface area contributed by atoms with Crippen molar-refractivity contribution >= 4 is 28.5 Å². The molecule has 2 heterocycles. The highest BCUT2D eigenvalue weighted by molar-refractivity contribution is 14.1. The van der Waals surface area contributed by atoms with Gasteiger partial charge < -0.3 is 20.1 Å². The SMILES string of the molecule is CCCCC#Cc1c(I)n([C@@H]2O[C@H](CO)[C@@H](O)[C@H]2O)c(=O)n(C(=O)c2ccccc2)c1=O. The highest BCUT2D eigenvalue weighted by Gasteiger charge is 2.45. The number of rotatable bonds is 5. The van der Waals surface area contributed by atoms with Gasteiger partial charge in [0.15, 0.2) is 6.23 Å². The predicted octanol–water partition coefficient (Wildman–Crippen LogP) is 0.456. The van der Waals surface area contributed by atoms with Crippen molar-refractivity contribution in [1.29, 1.82) is 0 Å². The zero-order valence-corrected chi connectivity index (χ0v) is 19.4. The number of aromatic nitrogens is 2. The average molecular weight is 554 g/mol. The molecule has 1 aliphatic rings. The molecule has 1 fully saturated rings. The second-order valence-electron chi connectivity index (χ2n) is 7.26. The molecule has 0 radical (unpaired) electrons. The van der Waals surface area contributed by atoms with Crippen LogP contribution in [0.25, 0.3) is 0 Å². The summed E-state index contributed by atoms with van der Waals surface area (Å²) in [6, 6.07) is 7.82. The Bertz CT molecular complexity index is 1160. The zero-order valence-electron chi connectivity index (χ0n) is 17.3. The number of nitrogens with zero attached hydrogens (tertiary/aromatic N) is 2. The van der Waals surface area contributed by atoms with E-state index in [1.165, 1.54) is 12.1 Å². The maximum atomic E-state index is 13.3. The quantitative estimate of drug-likeness (QED) is 0.212. The van der Waals surface area contributed by atoms with E-state index in [9.17, 15) is 29.7 Å². The van der Waals surface area contributed by atoms with Gasteiger partial charge in [0.2, 0.25) is 0 Å². The van der Waals surface area contributed by atoms with Gasteiger partial charge in [-0.25, -0.2) is 4.79 Å². The van der Waals surface area contributed by atoms with E-state index in [-0.39, 0.29) is 14.8 Å². The van der Waals surface area contributed by atoms with E-state index in [1.54, 1.807) is 40.8 Å². The number of hydrogen-bond donors (Lipinski definition) is 3. The molecular formula is C22H23IN2O7. The Labute approximate surface area is 197 Å². The predicted molar refractivity (Wildman–Crippen MR) is 123 cm³/mol. The minimum absolute atomic E-state index is 0.0635. The van der Waals surface area contributed by atoms with Crippen LogP contribution in [0.5, 0.6) is 0 Å². The molecule has 3 rings (SSSR count). The fraction of sp³-hybridized carbons (Fsp3) is 0.409. The van der Waals surface area contributed by atoms with Crippen molar-refractivity contribution < 1.29 is 24.9 Å². The Morgan fingerprint density at radius 2 is 1.88 bits per heavy atom. The maximum absolute atomic E-state index is 13.3. The Hall–Kier alpha value is -2.30. The number of unbranched alkanes of at least 4 members (excludes halogenated alkanes) is 2. The van der Waals surface area contributed by atoms with Gasteiger partial charge in [-0.15, -0.1) is 0 Å². The fourth-order valence-electron chi connectivity index (χ4n) is 3.32. The number of halogens is 1. The molecule has 2 aromatic rings. The summed E-state index contributed by atoms with van der Waals surface area (Å²) in [5.74, 6) is 4.78. The van der Waals surface area contributed by atoms with Crippen LogP contribution in [0.1, 0.15) is 48.3 Å². The first-order chi connectivity index (χ1) is 15.3. The maximum Gasteiger partial charge on any atom is 0.341 e. The topological polar surface area (TPSA) is 131 Å². The minimum Gasteiger partial charge on any atom is -0.394 e. The molecule has 9 nitrogen and oxygen atoms in total. The van der Waals surface area contributed by atoms with Crippen molar-refractivity contribution in [2.45, 2.75) is 50.7 Å². The van der Waals surface area contributed by atoms with E-state index in [0.29, 0.717) is 11.0 Å². The third kappa shape index (κ3) is 4.57. The van der Waals surface area contributed by atoms with E-state index in [4.69, 9.17) is 4.74 Å². The van der Waals surface area contributed by atoms with Crippen LogP contribution < -0.4 is 11.2 Å². The smallest absolute Gasteiger partial charge is 0.341 e. The summed E-state index contributed by atoms with van der Waals surface area (Å²) in [5, 5.41) is 30.0. The van der Waals surface area contributed by atoms with Crippen LogP contribution in [0.2, 0.25) is 0 Å². The van der Waals surface area contributed by atoms with Crippen molar-refractivity contribution in [3.8, 4) is 11.8 Å². The van der Waals surface area contributed by atoms with E-state index in [1.807, 2.05) is 6.92 Å². The molecule has 1 aromatic heterocycles. The van der Waals surface area contributed by atoms with Crippen molar-refractivity contribution in [2.24, 2.45) is 0 Å². The first-order valence-corrected chi connectivity index (χ1v) is 11.2. The van der Waals surface area contributed by atoms with E-state index in [0.717, 1.165) is 17.4 Å². The lowest BCUT2D eigenvalue weighted by atomic mass is 10.1. The average Bonchev–Trinajstić information content (AvgIpc) is 3.07. The third-order valence-corrected chi connectivity index (χ3v) is 6.16. The highest BCUT2D eigenvalue weighted by atomic mass is 127. The van der Waals surface area contributed by atoms with Crippen LogP contribution in [0.4, 0.5) is 0 Å². The van der Waals surface area contributed by atoms with Gasteiger partial charge in [-0.1, -0.05) is 43.4 Å². The van der Waals surface area contributed by atoms with Crippen LogP contribution in [-0.2, 0) is 4.74 Å². The first-order valence-electron chi connectivity index (χ1n) is 10.1. The van der Waals surface area contributed by atoms with Gasteiger partial charge in [0.25, 0.3) is 11.5 Å². The largest absolute Gasteiger partial charge is 0.394 e. The molecule has 170 valence electrons. The molecule has 3 N–H and O–H groups in total. The lowest BCUT2D eigenvalue weighted by Crippen LogP contribution is -2.49. The second-order valence-corrected chi connectivity index (χ2v) is 8.29. The van der Waals surface area contributed by atoms with Crippen LogP contribution in [0.15, 0.2) is 39.9 Å². The number of carbonyl (C=O) groups excluding carboxylic acids is 1. The lowest BCUT2D eigenvalue weighted by Gasteiger charge is -2.21. The third-order valence-electron chi connectivity index (χ3n) is 5.10. The summed E-state index contributed by atoms with van der Waals surface area (Å²) in [5.41, 5.74) is -1.89. The highest BCUT2D eigenvalue weighted by Crippen LogP contribution is 2.29. The van der Waals surface area contributed by atoms with Gasteiger partial charge in [-0.05, 0) is 41.1 Å². The van der Waals surface area contributed by atoms with Crippen molar-refractivity contribution in [1.82, 2.24) is 9.13 Å². The number of aliphatic hydroxyl groups excluding tert-OH is 3. The number of aliphatic hydroxyl groups is 3. The molecule has 0 saturated carbocycles. The lowest BCUT2D eigenvalue weighted by molar-refractivity contribution is -0.0567. The Morgan fingerprint density at radius 3 is 2.47 bits per heavy atom. The van der Waals surface area contributed by atoms with Crippen molar-refractivity contribution in [3.05, 3.63) is 66.0 Å². The molecule has 0 aliphatic carbocycles. The second kappa shape index (κ2) is 10.5. The molecule has 1 aliphatic heterocycles. The summed E-state index contributed by atoms with van der Waals surface area (Å²) in [6.07, 6.45) is -3.35. The molecule has 10 heteroatoms. The van der Waals surface area contributed by atoms with Crippen LogP contribution in [0, 0.1) is 15.5 Å². The standard InChI is InChI=1S/C22H23IN2O7/c1-2-3-4-8-11-14-18(23)24(21-17(28)16(27)15(12-26)32-21)22(31)25(20(14)30)19(29)13-9-6-5-7-10-13/h5-7,9-10,15-17,21,26-28H,2-4,12H2,1H3/t15-,16-,17-,21-/m1/s1. The first kappa shape index (κ1) is 24.3. The Kier molecular flexibility index (Phi) is 8.02. The van der Waals surface area contributed by atoms with Crippen LogP contribution in [-0.4, -0.2) is 55.3 Å². The van der Waals surface area contributed by atoms with Crippen molar-refractivity contribution in [3.63, 3.8) is 0 Å². The molecule has 1 saturated heterocycles. The summed E-state index contributed by atoms with van der Waals surface area (Å²) in [7, 11) is 0. The molecule has 32 heavy (non-hydrogen) atoms. The van der Waals surface area contributed by atoms with Gasteiger partial charge in [-0.2, -0.15) is 4.57 Å². The zero-order chi connectivity index (χ0) is 23.4. The number of hydrogen-bond acceptors (Lipinski definition) is 7. The molecular weight excluding hydrogens is 531 g/mol. The van der Waals surface area contributed by atoms with Crippen LogP contribution in [0.3, 0.4) is 0 Å². The molecule has 4 atom stereocenters. The van der Waals surface area contributed by atoms with E-state index < -0.39 is 48.3 Å². The monoisotopic (exact) mass is 554 g/mol. The number of benzene rings is 1. The minimum atomic E-state index is -1.57. The fourth-order valence-corrected chi connectivity index (χ4v) is 4.17. The van der Waals surface area contributed by atoms with Crippen molar-refractivity contribution in [2.75, 3.05) is 6.61 Å². The van der Waals surface area contributed by atoms with Gasteiger partial charge in [0.1, 0.15) is 27.6 Å². The van der Waals surface area contributed by atoms with E-state index >= 15 is 0 Å². The number of carbonyl (C=O) groups is 1. The molecule has 1 aromatic carbocycles. The van der Waals surface area contributed by atoms with Crippen LogP contribution >= 0.6 is 22.6 Å². The van der Waals surface area contributed by atoms with Gasteiger partial charge in [0, 0.05) is 12.0 Å². The Balaban J connectivity index is 2.25. The van der Waals surface area contributed by atoms with Gasteiger partial charge in [0.05, 0.1) is 6.61 Å². The summed E-state index contributed by atoms with van der Waals surface area (Å²) < 4.78 is 6.94. The molecule has 0 spiro atoms. The summed E-state index contributed by atoms with van der Waals surface area (Å²) >= 11 is 1.73. The molecule has 0 bridgehead atoms.